The molecule has 15 heteroatoms. The number of pyridine rings is 1. The Bertz CT molecular complexity index is 1610. The molecule has 0 amide bonds. The minimum absolute atomic E-state index is 0.0219. The number of hydrogen-bond acceptors (Lipinski definition) is 7. The summed E-state index contributed by atoms with van der Waals surface area (Å²) >= 11 is 0. The number of aromatic amines is 1. The second-order valence-electron chi connectivity index (χ2n) is 9.66. The maximum atomic E-state index is 13.7. The predicted molar refractivity (Wildman–Crippen MR) is 134 cm³/mol. The van der Waals surface area contributed by atoms with Crippen molar-refractivity contribution in [3.8, 4) is 22.4 Å². The van der Waals surface area contributed by atoms with Crippen LogP contribution in [0.3, 0.4) is 0 Å². The van der Waals surface area contributed by atoms with Gasteiger partial charge in [0.15, 0.2) is 5.65 Å². The number of aromatic nitrogens is 9. The lowest BCUT2D eigenvalue weighted by Gasteiger charge is -2.30. The Morgan fingerprint density at radius 1 is 1.02 bits per heavy atom. The molecule has 2 N–H and O–H groups in total. The summed E-state index contributed by atoms with van der Waals surface area (Å²) in [6.45, 7) is -0.733. The van der Waals surface area contributed by atoms with E-state index >= 15 is 0 Å². The summed E-state index contributed by atoms with van der Waals surface area (Å²) in [4.78, 5) is 17.2. The Morgan fingerprint density at radius 3 is 2.67 bits per heavy atom. The Hall–Kier alpha value is -4.43. The molecule has 0 aromatic carbocycles. The monoisotopic (exact) mass is 558 g/mol. The largest absolute Gasteiger partial charge is 0.419 e. The molecule has 0 spiro atoms. The second kappa shape index (κ2) is 10.3. The maximum Gasteiger partial charge on any atom is 0.419 e. The average molecular weight is 559 g/mol. The third-order valence-electron chi connectivity index (χ3n) is 6.94. The molecule has 6 rings (SSSR count). The van der Waals surface area contributed by atoms with E-state index in [-0.39, 0.29) is 23.6 Å². The quantitative estimate of drug-likeness (QED) is 0.259. The van der Waals surface area contributed by atoms with Crippen LogP contribution in [0, 0.1) is 0 Å². The minimum Gasteiger partial charge on any atom is -0.351 e. The summed E-state index contributed by atoms with van der Waals surface area (Å²) in [5.74, 6) is 0.0219. The number of fused-ring (bicyclic) bond motifs is 1. The maximum absolute atomic E-state index is 13.7. The second-order valence-corrected chi connectivity index (χ2v) is 9.66. The van der Waals surface area contributed by atoms with Gasteiger partial charge in [-0.25, -0.2) is 28.7 Å². The number of hydrogen-bond donors (Lipinski definition) is 2. The molecule has 2 atom stereocenters. The van der Waals surface area contributed by atoms with Crippen molar-refractivity contribution < 1.29 is 22.0 Å². The normalized spacial score (nSPS) is 18.1. The van der Waals surface area contributed by atoms with Crippen molar-refractivity contribution in [3.05, 3.63) is 55.1 Å². The van der Waals surface area contributed by atoms with Crippen molar-refractivity contribution in [2.45, 2.75) is 56.9 Å². The summed E-state index contributed by atoms with van der Waals surface area (Å²) < 4.78 is 69.5. The van der Waals surface area contributed by atoms with Gasteiger partial charge >= 0.3 is 6.18 Å². The lowest BCUT2D eigenvalue weighted by Crippen LogP contribution is -2.29. The van der Waals surface area contributed by atoms with Gasteiger partial charge in [0.1, 0.15) is 17.6 Å². The third kappa shape index (κ3) is 5.22. The first-order valence-corrected chi connectivity index (χ1v) is 12.6. The van der Waals surface area contributed by atoms with Crippen LogP contribution in [0.1, 0.15) is 37.3 Å². The zero-order chi connectivity index (χ0) is 27.9. The number of rotatable bonds is 7. The summed E-state index contributed by atoms with van der Waals surface area (Å²) in [7, 11) is 0. The summed E-state index contributed by atoms with van der Waals surface area (Å²) in [6.07, 6.45) is 5.69. The molecule has 0 radical (unpaired) electrons. The van der Waals surface area contributed by atoms with Gasteiger partial charge in [0, 0.05) is 53.6 Å². The van der Waals surface area contributed by atoms with Crippen LogP contribution in [0.2, 0.25) is 0 Å². The van der Waals surface area contributed by atoms with E-state index in [1.165, 1.54) is 0 Å². The van der Waals surface area contributed by atoms with Crippen LogP contribution in [0.15, 0.2) is 49.6 Å². The molecule has 40 heavy (non-hydrogen) atoms. The summed E-state index contributed by atoms with van der Waals surface area (Å²) in [5, 5.41) is 13.7. The van der Waals surface area contributed by atoms with Crippen molar-refractivity contribution in [3.63, 3.8) is 0 Å². The van der Waals surface area contributed by atoms with Crippen molar-refractivity contribution >= 4 is 17.1 Å². The fourth-order valence-corrected chi connectivity index (χ4v) is 5.09. The van der Waals surface area contributed by atoms with Gasteiger partial charge in [-0.05, 0) is 31.7 Å². The molecule has 208 valence electrons. The lowest BCUT2D eigenvalue weighted by molar-refractivity contribution is -0.137. The number of halogens is 5. The number of nitrogens with one attached hydrogen (secondary N) is 2. The molecule has 0 bridgehead atoms. The Balaban J connectivity index is 1.22. The highest BCUT2D eigenvalue weighted by Crippen LogP contribution is 2.37. The molecule has 0 saturated heterocycles. The van der Waals surface area contributed by atoms with E-state index in [0.717, 1.165) is 58.6 Å². The first kappa shape index (κ1) is 25.8. The van der Waals surface area contributed by atoms with E-state index in [4.69, 9.17) is 0 Å². The molecular formula is C25H23F5N10. The van der Waals surface area contributed by atoms with Crippen LogP contribution in [0.5, 0.6) is 0 Å². The third-order valence-corrected chi connectivity index (χ3v) is 6.94. The summed E-state index contributed by atoms with van der Waals surface area (Å²) in [5.41, 5.74) is 1.78. The highest BCUT2D eigenvalue weighted by Gasteiger charge is 2.36. The number of imidazole rings is 1. The fourth-order valence-electron chi connectivity index (χ4n) is 5.09. The molecule has 1 aliphatic carbocycles. The van der Waals surface area contributed by atoms with Crippen LogP contribution in [-0.2, 0) is 12.7 Å². The molecular weight excluding hydrogens is 535 g/mol. The van der Waals surface area contributed by atoms with E-state index in [2.05, 4.69) is 40.5 Å². The zero-order valence-corrected chi connectivity index (χ0v) is 20.9. The predicted octanol–water partition coefficient (Wildman–Crippen LogP) is 5.35. The number of anilines is 1. The summed E-state index contributed by atoms with van der Waals surface area (Å²) in [6, 6.07) is 1.89. The van der Waals surface area contributed by atoms with Gasteiger partial charge in [0.25, 0.3) is 6.43 Å². The van der Waals surface area contributed by atoms with E-state index in [1.54, 1.807) is 24.9 Å². The van der Waals surface area contributed by atoms with E-state index in [9.17, 15) is 22.0 Å². The fraction of sp³-hybridized carbons (Fsp3) is 0.360. The molecule has 5 heterocycles. The highest BCUT2D eigenvalue weighted by molar-refractivity contribution is 5.77. The van der Waals surface area contributed by atoms with Crippen molar-refractivity contribution in [1.82, 2.24) is 44.5 Å². The van der Waals surface area contributed by atoms with Crippen molar-refractivity contribution in [2.75, 3.05) is 5.32 Å². The Labute approximate surface area is 223 Å². The Kier molecular flexibility index (Phi) is 6.64. The van der Waals surface area contributed by atoms with Gasteiger partial charge in [-0.15, -0.1) is 0 Å². The molecule has 10 nitrogen and oxygen atoms in total. The zero-order valence-electron chi connectivity index (χ0n) is 20.9. The number of H-pyrrole nitrogens is 1. The van der Waals surface area contributed by atoms with Crippen LogP contribution in [0.25, 0.3) is 33.5 Å². The van der Waals surface area contributed by atoms with Gasteiger partial charge in [-0.3, -0.25) is 9.78 Å². The molecule has 1 fully saturated rings. The van der Waals surface area contributed by atoms with E-state index in [1.807, 2.05) is 10.6 Å². The van der Waals surface area contributed by atoms with Crippen molar-refractivity contribution in [2.24, 2.45) is 0 Å². The number of nitrogens with zero attached hydrogens (tertiary/aromatic N) is 8. The van der Waals surface area contributed by atoms with Crippen LogP contribution in [0.4, 0.5) is 27.9 Å². The molecule has 5 aromatic heterocycles. The van der Waals surface area contributed by atoms with E-state index in [0.29, 0.717) is 12.6 Å². The molecule has 0 unspecified atom stereocenters. The molecule has 0 aliphatic heterocycles. The van der Waals surface area contributed by atoms with Gasteiger partial charge in [-0.2, -0.15) is 23.4 Å². The smallest absolute Gasteiger partial charge is 0.351 e. The SMILES string of the molecule is FC(F)Cn1cc(-c2nc(N[C@@H]3CCC[C@H](n4cnc5cc(-c6cn[nH]c6)cnc54)C3)ncc2C(F)(F)F)cn1. The standard InChI is InChI=1S/C25H23F5N10/c26-21(27)12-39-11-16(9-36-39)22-19(25(28,29)30)10-32-24(38-22)37-17-2-1-3-18(5-17)40-13-33-20-4-14(6-31-23(20)40)15-7-34-35-8-15/h4,6-11,13,17-18,21H,1-3,5,12H2,(H,34,35)(H,32,37,38)/t17-,18+/m1/s1. The molecule has 1 saturated carbocycles. The van der Waals surface area contributed by atoms with Crippen LogP contribution in [-0.4, -0.2) is 56.9 Å². The first-order valence-electron chi connectivity index (χ1n) is 12.6. The first-order chi connectivity index (χ1) is 19.2. The van der Waals surface area contributed by atoms with E-state index < -0.39 is 30.4 Å². The molecule has 1 aliphatic rings. The van der Waals surface area contributed by atoms with Crippen LogP contribution < -0.4 is 5.32 Å². The lowest BCUT2D eigenvalue weighted by atomic mass is 9.91. The van der Waals surface area contributed by atoms with Gasteiger partial charge in [-0.1, -0.05) is 0 Å². The van der Waals surface area contributed by atoms with Crippen LogP contribution >= 0.6 is 0 Å². The Morgan fingerprint density at radius 2 is 1.90 bits per heavy atom. The van der Waals surface area contributed by atoms with Gasteiger partial charge in [0.05, 0.1) is 24.4 Å². The molecule has 5 aromatic rings. The average Bonchev–Trinajstić information content (AvgIpc) is 3.69. The van der Waals surface area contributed by atoms with Crippen molar-refractivity contribution in [1.29, 1.82) is 0 Å². The van der Waals surface area contributed by atoms with Gasteiger partial charge in [0.2, 0.25) is 5.95 Å². The highest BCUT2D eigenvalue weighted by atomic mass is 19.4. The van der Waals surface area contributed by atoms with Gasteiger partial charge < -0.3 is 9.88 Å². The minimum atomic E-state index is -4.73. The number of alkyl halides is 5. The topological polar surface area (TPSA) is 115 Å².